The molecule has 4 nitrogen and oxygen atoms in total. The summed E-state index contributed by atoms with van der Waals surface area (Å²) in [5.74, 6) is 0.375. The molecule has 1 heterocycles. The van der Waals surface area contributed by atoms with E-state index >= 15 is 0 Å². The van der Waals surface area contributed by atoms with Crippen LogP contribution in [0.4, 0.5) is 0 Å². The summed E-state index contributed by atoms with van der Waals surface area (Å²) in [6.07, 6.45) is 1.95. The highest BCUT2D eigenvalue weighted by Gasteiger charge is 2.22. The van der Waals surface area contributed by atoms with Gasteiger partial charge in [0.2, 0.25) is 5.91 Å². The van der Waals surface area contributed by atoms with Crippen molar-refractivity contribution in [1.82, 2.24) is 10.2 Å². The fourth-order valence-corrected chi connectivity index (χ4v) is 1.68. The number of nitrogens with one attached hydrogen (secondary N) is 1. The lowest BCUT2D eigenvalue weighted by Gasteiger charge is -2.28. The Bertz CT molecular complexity index is 186. The molecule has 0 aromatic rings. The van der Waals surface area contributed by atoms with Gasteiger partial charge in [-0.15, -0.1) is 0 Å². The normalized spacial score (nSPS) is 21.9. The van der Waals surface area contributed by atoms with Crippen LogP contribution in [0, 0.1) is 5.92 Å². The van der Waals surface area contributed by atoms with Gasteiger partial charge in [0.15, 0.2) is 0 Å². The molecule has 0 aromatic carbocycles. The van der Waals surface area contributed by atoms with Gasteiger partial charge in [-0.05, 0) is 39.9 Å². The van der Waals surface area contributed by atoms with Crippen LogP contribution in [0.1, 0.15) is 19.8 Å². The summed E-state index contributed by atoms with van der Waals surface area (Å²) >= 11 is 0. The molecule has 0 spiro atoms. The maximum absolute atomic E-state index is 11.6. The Kier molecular flexibility index (Phi) is 4.35. The summed E-state index contributed by atoms with van der Waals surface area (Å²) in [6, 6.07) is 0.0465. The third kappa shape index (κ3) is 3.64. The number of carbonyl (C=O) groups excluding carboxylic acids is 1. The van der Waals surface area contributed by atoms with Crippen LogP contribution in [-0.2, 0) is 4.79 Å². The van der Waals surface area contributed by atoms with Gasteiger partial charge in [-0.25, -0.2) is 0 Å². The maximum Gasteiger partial charge on any atom is 0.223 e. The molecule has 1 fully saturated rings. The highest BCUT2D eigenvalue weighted by molar-refractivity contribution is 5.78. The Morgan fingerprint density at radius 1 is 1.57 bits per heavy atom. The van der Waals surface area contributed by atoms with E-state index in [9.17, 15) is 4.79 Å². The van der Waals surface area contributed by atoms with E-state index in [-0.39, 0.29) is 17.9 Å². The molecule has 3 N–H and O–H groups in total. The van der Waals surface area contributed by atoms with E-state index in [4.69, 9.17) is 5.73 Å². The van der Waals surface area contributed by atoms with Crippen molar-refractivity contribution in [1.29, 1.82) is 0 Å². The summed E-state index contributed by atoms with van der Waals surface area (Å²) in [4.78, 5) is 13.9. The molecule has 4 heteroatoms. The van der Waals surface area contributed by atoms with Gasteiger partial charge in [-0.1, -0.05) is 0 Å². The molecule has 82 valence electrons. The number of hydrogen-bond acceptors (Lipinski definition) is 3. The molecule has 0 bridgehead atoms. The van der Waals surface area contributed by atoms with Crippen LogP contribution >= 0.6 is 0 Å². The third-order valence-electron chi connectivity index (χ3n) is 2.69. The minimum atomic E-state index is 0.0465. The van der Waals surface area contributed by atoms with E-state index in [1.807, 2.05) is 6.92 Å². The second-order valence-corrected chi connectivity index (χ2v) is 4.30. The molecule has 0 aliphatic carbocycles. The number of rotatable bonds is 3. The Labute approximate surface area is 85.8 Å². The van der Waals surface area contributed by atoms with Crippen molar-refractivity contribution in [3.8, 4) is 0 Å². The summed E-state index contributed by atoms with van der Waals surface area (Å²) in [5, 5.41) is 2.88. The second-order valence-electron chi connectivity index (χ2n) is 4.30. The molecule has 14 heavy (non-hydrogen) atoms. The van der Waals surface area contributed by atoms with Gasteiger partial charge in [0.25, 0.3) is 0 Å². The standard InChI is InChI=1S/C10H21N3O/c1-8(11)7-12-10(14)9-3-5-13(2)6-4-9/h8-9H,3-7,11H2,1-2H3,(H,12,14). The molecule has 1 aliphatic rings. The maximum atomic E-state index is 11.6. The molecule has 1 aliphatic heterocycles. The predicted octanol–water partition coefficient (Wildman–Crippen LogP) is -0.208. The summed E-state index contributed by atoms with van der Waals surface area (Å²) in [6.45, 7) is 4.53. The first-order valence-corrected chi connectivity index (χ1v) is 5.31. The Morgan fingerprint density at radius 3 is 2.64 bits per heavy atom. The highest BCUT2D eigenvalue weighted by atomic mass is 16.1. The van der Waals surface area contributed by atoms with Crippen LogP contribution in [0.15, 0.2) is 0 Å². The molecule has 0 saturated carbocycles. The summed E-state index contributed by atoms with van der Waals surface area (Å²) in [5.41, 5.74) is 5.57. The van der Waals surface area contributed by atoms with E-state index in [1.165, 1.54) is 0 Å². The van der Waals surface area contributed by atoms with E-state index in [0.29, 0.717) is 6.54 Å². The number of likely N-dealkylation sites (tertiary alicyclic amines) is 1. The smallest absolute Gasteiger partial charge is 0.223 e. The number of nitrogens with two attached hydrogens (primary N) is 1. The number of amides is 1. The lowest BCUT2D eigenvalue weighted by atomic mass is 9.96. The highest BCUT2D eigenvalue weighted by Crippen LogP contribution is 2.15. The van der Waals surface area contributed by atoms with E-state index in [0.717, 1.165) is 25.9 Å². The largest absolute Gasteiger partial charge is 0.354 e. The molecule has 1 rings (SSSR count). The zero-order valence-corrected chi connectivity index (χ0v) is 9.12. The Balaban J connectivity index is 2.24. The van der Waals surface area contributed by atoms with Gasteiger partial charge in [0, 0.05) is 18.5 Å². The van der Waals surface area contributed by atoms with Crippen molar-refractivity contribution in [2.24, 2.45) is 11.7 Å². The quantitative estimate of drug-likeness (QED) is 0.661. The van der Waals surface area contributed by atoms with Crippen molar-refractivity contribution in [3.63, 3.8) is 0 Å². The van der Waals surface area contributed by atoms with E-state index in [1.54, 1.807) is 0 Å². The first-order valence-electron chi connectivity index (χ1n) is 5.31. The van der Waals surface area contributed by atoms with Gasteiger partial charge in [0.1, 0.15) is 0 Å². The summed E-state index contributed by atoms with van der Waals surface area (Å²) < 4.78 is 0. The number of hydrogen-bond donors (Lipinski definition) is 2. The third-order valence-corrected chi connectivity index (χ3v) is 2.69. The molecule has 1 atom stereocenters. The number of carbonyl (C=O) groups is 1. The minimum Gasteiger partial charge on any atom is -0.354 e. The predicted molar refractivity (Wildman–Crippen MR) is 56.9 cm³/mol. The molecule has 1 amide bonds. The van der Waals surface area contributed by atoms with Crippen molar-refractivity contribution in [3.05, 3.63) is 0 Å². The minimum absolute atomic E-state index is 0.0465. The van der Waals surface area contributed by atoms with Gasteiger partial charge < -0.3 is 16.0 Å². The van der Waals surface area contributed by atoms with Crippen LogP contribution in [0.3, 0.4) is 0 Å². The van der Waals surface area contributed by atoms with Crippen LogP contribution in [0.2, 0.25) is 0 Å². The van der Waals surface area contributed by atoms with Crippen LogP contribution in [0.5, 0.6) is 0 Å². The Morgan fingerprint density at radius 2 is 2.14 bits per heavy atom. The second kappa shape index (κ2) is 5.32. The van der Waals surface area contributed by atoms with E-state index in [2.05, 4.69) is 17.3 Å². The molecular weight excluding hydrogens is 178 g/mol. The molecule has 0 radical (unpaired) electrons. The van der Waals surface area contributed by atoms with Gasteiger partial charge in [-0.3, -0.25) is 4.79 Å². The Hall–Kier alpha value is -0.610. The SMILES string of the molecule is CC(N)CNC(=O)C1CCN(C)CC1. The van der Waals surface area contributed by atoms with Crippen molar-refractivity contribution in [2.45, 2.75) is 25.8 Å². The van der Waals surface area contributed by atoms with Gasteiger partial charge in [0.05, 0.1) is 0 Å². The molecule has 0 aromatic heterocycles. The van der Waals surface area contributed by atoms with Crippen LogP contribution < -0.4 is 11.1 Å². The molecule has 1 unspecified atom stereocenters. The zero-order chi connectivity index (χ0) is 10.6. The number of nitrogens with zero attached hydrogens (tertiary/aromatic N) is 1. The van der Waals surface area contributed by atoms with Gasteiger partial charge >= 0.3 is 0 Å². The first kappa shape index (κ1) is 11.5. The fourth-order valence-electron chi connectivity index (χ4n) is 1.68. The molecular formula is C10H21N3O. The zero-order valence-electron chi connectivity index (χ0n) is 9.12. The topological polar surface area (TPSA) is 58.4 Å². The lowest BCUT2D eigenvalue weighted by Crippen LogP contribution is -2.42. The average molecular weight is 199 g/mol. The first-order chi connectivity index (χ1) is 6.59. The van der Waals surface area contributed by atoms with Gasteiger partial charge in [-0.2, -0.15) is 0 Å². The van der Waals surface area contributed by atoms with Crippen LogP contribution in [-0.4, -0.2) is 43.5 Å². The van der Waals surface area contributed by atoms with Crippen LogP contribution in [0.25, 0.3) is 0 Å². The van der Waals surface area contributed by atoms with Crippen molar-refractivity contribution in [2.75, 3.05) is 26.7 Å². The monoisotopic (exact) mass is 199 g/mol. The number of piperidine rings is 1. The summed E-state index contributed by atoms with van der Waals surface area (Å²) in [7, 11) is 2.09. The fraction of sp³-hybridized carbons (Fsp3) is 0.900. The van der Waals surface area contributed by atoms with Crippen molar-refractivity contribution < 1.29 is 4.79 Å². The van der Waals surface area contributed by atoms with E-state index < -0.39 is 0 Å². The average Bonchev–Trinajstić information content (AvgIpc) is 2.15. The molecule has 1 saturated heterocycles. The van der Waals surface area contributed by atoms with Crippen molar-refractivity contribution >= 4 is 5.91 Å². The lowest BCUT2D eigenvalue weighted by molar-refractivity contribution is -0.126.